The van der Waals surface area contributed by atoms with Crippen LogP contribution in [0.15, 0.2) is 4.47 Å². The number of benzene rings is 1. The summed E-state index contributed by atoms with van der Waals surface area (Å²) in [6.45, 7) is 10.2. The van der Waals surface area contributed by atoms with E-state index in [0.29, 0.717) is 6.54 Å². The van der Waals surface area contributed by atoms with Gasteiger partial charge in [-0.25, -0.2) is 0 Å². The molecule has 0 aliphatic rings. The van der Waals surface area contributed by atoms with Crippen molar-refractivity contribution in [2.24, 2.45) is 0 Å². The van der Waals surface area contributed by atoms with Crippen LogP contribution >= 0.6 is 15.9 Å². The summed E-state index contributed by atoms with van der Waals surface area (Å²) < 4.78 is 6.58. The molecule has 0 radical (unpaired) electrons. The summed E-state index contributed by atoms with van der Waals surface area (Å²) in [6, 6.07) is 0. The van der Waals surface area contributed by atoms with Crippen molar-refractivity contribution in [2.75, 3.05) is 19.0 Å². The molecular weight excluding hydrogens is 294 g/mol. The van der Waals surface area contributed by atoms with E-state index in [-0.39, 0.29) is 0 Å². The molecule has 102 valence electrons. The number of anilines is 1. The summed E-state index contributed by atoms with van der Waals surface area (Å²) in [6.07, 6.45) is 0. The summed E-state index contributed by atoms with van der Waals surface area (Å²) >= 11 is 3.61. The third kappa shape index (κ3) is 3.18. The molecule has 3 nitrogen and oxygen atoms in total. The molecule has 0 atom stereocenters. The minimum Gasteiger partial charge on any atom is -0.494 e. The second-order valence-electron chi connectivity index (χ2n) is 5.26. The molecule has 0 aliphatic carbocycles. The lowest BCUT2D eigenvalue weighted by atomic mass is 10.0. The van der Waals surface area contributed by atoms with E-state index in [0.717, 1.165) is 27.0 Å². The van der Waals surface area contributed by atoms with E-state index in [1.165, 1.54) is 5.56 Å². The van der Waals surface area contributed by atoms with E-state index in [2.05, 4.69) is 28.2 Å². The predicted octanol–water partition coefficient (Wildman–Crippen LogP) is 3.57. The molecule has 0 aliphatic heterocycles. The van der Waals surface area contributed by atoms with Gasteiger partial charge in [0.2, 0.25) is 0 Å². The lowest BCUT2D eigenvalue weighted by molar-refractivity contribution is 0.0944. The van der Waals surface area contributed by atoms with Gasteiger partial charge in [0.05, 0.1) is 18.4 Å². The van der Waals surface area contributed by atoms with Gasteiger partial charge in [0.25, 0.3) is 0 Å². The van der Waals surface area contributed by atoms with Gasteiger partial charge in [0.15, 0.2) is 0 Å². The molecule has 18 heavy (non-hydrogen) atoms. The highest BCUT2D eigenvalue weighted by Crippen LogP contribution is 2.39. The second-order valence-corrected chi connectivity index (χ2v) is 6.06. The molecule has 0 heterocycles. The molecule has 0 fully saturated rings. The number of ether oxygens (including phenoxy) is 1. The third-order valence-electron chi connectivity index (χ3n) is 3.07. The van der Waals surface area contributed by atoms with Crippen molar-refractivity contribution in [3.05, 3.63) is 21.2 Å². The molecule has 0 saturated carbocycles. The Kier molecular flexibility index (Phi) is 4.67. The largest absolute Gasteiger partial charge is 0.494 e. The number of halogens is 1. The Labute approximate surface area is 118 Å². The quantitative estimate of drug-likeness (QED) is 0.892. The highest BCUT2D eigenvalue weighted by atomic mass is 79.9. The highest BCUT2D eigenvalue weighted by Gasteiger charge is 2.19. The van der Waals surface area contributed by atoms with Gasteiger partial charge in [-0.15, -0.1) is 0 Å². The van der Waals surface area contributed by atoms with Crippen LogP contribution in [0.3, 0.4) is 0 Å². The second kappa shape index (κ2) is 5.49. The Morgan fingerprint density at radius 1 is 1.17 bits per heavy atom. The lowest BCUT2D eigenvalue weighted by Gasteiger charge is -2.23. The molecule has 1 rings (SSSR count). The normalized spacial score (nSPS) is 11.6. The van der Waals surface area contributed by atoms with E-state index in [1.807, 2.05) is 13.8 Å². The fraction of sp³-hybridized carbons (Fsp3) is 0.571. The average Bonchev–Trinajstić information content (AvgIpc) is 2.28. The molecule has 1 aromatic rings. The van der Waals surface area contributed by atoms with Crippen molar-refractivity contribution in [1.29, 1.82) is 0 Å². The number of aliphatic hydroxyl groups is 1. The van der Waals surface area contributed by atoms with Crippen molar-refractivity contribution >= 4 is 21.6 Å². The molecule has 0 spiro atoms. The van der Waals surface area contributed by atoms with Gasteiger partial charge < -0.3 is 15.2 Å². The zero-order valence-corrected chi connectivity index (χ0v) is 13.5. The van der Waals surface area contributed by atoms with E-state index in [4.69, 9.17) is 4.74 Å². The van der Waals surface area contributed by atoms with E-state index in [9.17, 15) is 5.11 Å². The minimum atomic E-state index is -0.761. The van der Waals surface area contributed by atoms with Crippen LogP contribution < -0.4 is 10.1 Å². The summed E-state index contributed by atoms with van der Waals surface area (Å²) in [7, 11) is 1.67. The van der Waals surface area contributed by atoms with Crippen LogP contribution in [0.5, 0.6) is 5.75 Å². The third-order valence-corrected chi connectivity index (χ3v) is 4.26. The minimum absolute atomic E-state index is 0.471. The number of nitrogens with one attached hydrogen (secondary N) is 1. The number of rotatable bonds is 4. The molecule has 0 unspecified atom stereocenters. The van der Waals surface area contributed by atoms with Gasteiger partial charge in [-0.05, 0) is 51.3 Å². The summed E-state index contributed by atoms with van der Waals surface area (Å²) in [5, 5.41) is 13.1. The van der Waals surface area contributed by atoms with Crippen molar-refractivity contribution in [1.82, 2.24) is 0 Å². The fourth-order valence-corrected chi connectivity index (χ4v) is 2.35. The first-order valence-corrected chi connectivity index (χ1v) is 6.78. The van der Waals surface area contributed by atoms with Gasteiger partial charge in [-0.1, -0.05) is 15.9 Å². The average molecular weight is 316 g/mol. The van der Waals surface area contributed by atoms with Crippen LogP contribution in [0.25, 0.3) is 0 Å². The van der Waals surface area contributed by atoms with Crippen LogP contribution in [0.1, 0.15) is 30.5 Å². The van der Waals surface area contributed by atoms with Crippen molar-refractivity contribution in [3.63, 3.8) is 0 Å². The molecule has 1 aromatic carbocycles. The van der Waals surface area contributed by atoms with Crippen LogP contribution in [0, 0.1) is 20.8 Å². The summed E-state index contributed by atoms with van der Waals surface area (Å²) in [5.74, 6) is 0.845. The van der Waals surface area contributed by atoms with E-state index in [1.54, 1.807) is 21.0 Å². The van der Waals surface area contributed by atoms with Gasteiger partial charge in [0.1, 0.15) is 5.75 Å². The van der Waals surface area contributed by atoms with Crippen molar-refractivity contribution in [2.45, 2.75) is 40.2 Å². The molecule has 0 saturated heterocycles. The van der Waals surface area contributed by atoms with E-state index >= 15 is 0 Å². The van der Waals surface area contributed by atoms with Crippen LogP contribution in [-0.2, 0) is 0 Å². The molecule has 0 amide bonds. The Balaban J connectivity index is 3.25. The fourth-order valence-electron chi connectivity index (χ4n) is 1.86. The first-order valence-electron chi connectivity index (χ1n) is 5.98. The Morgan fingerprint density at radius 3 is 2.17 bits per heavy atom. The SMILES string of the molecule is COc1c(C)c(C)c(Br)c(C)c1NCC(C)(C)O. The summed E-state index contributed by atoms with van der Waals surface area (Å²) in [4.78, 5) is 0. The Morgan fingerprint density at radius 2 is 1.72 bits per heavy atom. The van der Waals surface area contributed by atoms with Gasteiger partial charge in [0, 0.05) is 11.0 Å². The number of hydrogen-bond acceptors (Lipinski definition) is 3. The van der Waals surface area contributed by atoms with Crippen LogP contribution in [0.4, 0.5) is 5.69 Å². The van der Waals surface area contributed by atoms with Crippen LogP contribution in [0.2, 0.25) is 0 Å². The molecule has 2 N–H and O–H groups in total. The molecular formula is C14H22BrNO2. The van der Waals surface area contributed by atoms with Gasteiger partial charge >= 0.3 is 0 Å². The Bertz CT molecular complexity index is 450. The number of methoxy groups -OCH3 is 1. The maximum absolute atomic E-state index is 9.81. The zero-order chi connectivity index (χ0) is 14.1. The monoisotopic (exact) mass is 315 g/mol. The standard InChI is InChI=1S/C14H22BrNO2/c1-8-9(2)13(18-6)12(10(3)11(8)15)16-7-14(4,5)17/h16-17H,7H2,1-6H3. The first-order chi connectivity index (χ1) is 8.19. The van der Waals surface area contributed by atoms with Crippen molar-refractivity contribution < 1.29 is 9.84 Å². The first kappa shape index (κ1) is 15.3. The molecule has 4 heteroatoms. The van der Waals surface area contributed by atoms with E-state index < -0.39 is 5.60 Å². The molecule has 0 aromatic heterocycles. The highest BCUT2D eigenvalue weighted by molar-refractivity contribution is 9.10. The zero-order valence-electron chi connectivity index (χ0n) is 11.9. The van der Waals surface area contributed by atoms with Crippen LogP contribution in [-0.4, -0.2) is 24.4 Å². The smallest absolute Gasteiger partial charge is 0.145 e. The number of hydrogen-bond donors (Lipinski definition) is 2. The maximum atomic E-state index is 9.81. The summed E-state index contributed by atoms with van der Waals surface area (Å²) in [5.41, 5.74) is 3.56. The predicted molar refractivity (Wildman–Crippen MR) is 79.7 cm³/mol. The molecule has 0 bridgehead atoms. The van der Waals surface area contributed by atoms with Gasteiger partial charge in [-0.2, -0.15) is 0 Å². The van der Waals surface area contributed by atoms with Gasteiger partial charge in [-0.3, -0.25) is 0 Å². The Hall–Kier alpha value is -0.740. The lowest BCUT2D eigenvalue weighted by Crippen LogP contribution is -2.29. The maximum Gasteiger partial charge on any atom is 0.145 e. The van der Waals surface area contributed by atoms with Crippen molar-refractivity contribution in [3.8, 4) is 5.75 Å². The topological polar surface area (TPSA) is 41.5 Å².